The van der Waals surface area contributed by atoms with Crippen LogP contribution in [0.1, 0.15) is 12.7 Å². The molecule has 1 N–H and O–H groups in total. The smallest absolute Gasteiger partial charge is 0.196 e. The van der Waals surface area contributed by atoms with Crippen molar-refractivity contribution in [1.29, 1.82) is 0 Å². The minimum atomic E-state index is -0.0983. The number of anilines is 2. The van der Waals surface area contributed by atoms with Crippen molar-refractivity contribution >= 4 is 34.0 Å². The zero-order valence-corrected chi connectivity index (χ0v) is 17.1. The molecule has 4 rings (SSSR count). The maximum absolute atomic E-state index is 12.2. The summed E-state index contributed by atoms with van der Waals surface area (Å²) in [5, 5.41) is 4.88. The van der Waals surface area contributed by atoms with Crippen LogP contribution in [0.15, 0.2) is 68.9 Å². The number of hydrazone groups is 1. The first-order valence-corrected chi connectivity index (χ1v) is 9.95. The van der Waals surface area contributed by atoms with Gasteiger partial charge in [-0.25, -0.2) is 0 Å². The molecule has 1 saturated heterocycles. The summed E-state index contributed by atoms with van der Waals surface area (Å²) in [5.41, 5.74) is 5.19. The van der Waals surface area contributed by atoms with Gasteiger partial charge in [-0.2, -0.15) is 5.10 Å². The zero-order valence-electron chi connectivity index (χ0n) is 17.1. The molecule has 1 aliphatic rings. The second kappa shape index (κ2) is 8.41. The van der Waals surface area contributed by atoms with E-state index < -0.39 is 0 Å². The Hall–Kier alpha value is -3.61. The molecule has 154 valence electrons. The van der Waals surface area contributed by atoms with Gasteiger partial charge in [0.05, 0.1) is 11.1 Å². The van der Waals surface area contributed by atoms with Crippen molar-refractivity contribution in [3.63, 3.8) is 0 Å². The summed E-state index contributed by atoms with van der Waals surface area (Å²) >= 11 is 0. The molecule has 3 aromatic rings. The Kier molecular flexibility index (Phi) is 5.52. The number of carbonyl (C=O) groups is 1. The van der Waals surface area contributed by atoms with E-state index in [2.05, 4.69) is 27.6 Å². The fraction of sp³-hybridized carbons (Fsp3) is 0.261. The Morgan fingerprint density at radius 3 is 2.47 bits per heavy atom. The van der Waals surface area contributed by atoms with Gasteiger partial charge in [-0.15, -0.1) is 0 Å². The SMILES string of the molecule is CC(=O)/C(=N/Nc1ccc2c(=O)cc(C)oc2c1)N1CCN(c2ccccc2)CC1. The number of aryl methyl sites for hydroxylation is 1. The number of benzene rings is 2. The predicted octanol–water partition coefficient (Wildman–Crippen LogP) is 3.24. The van der Waals surface area contributed by atoms with E-state index in [1.165, 1.54) is 18.7 Å². The van der Waals surface area contributed by atoms with Gasteiger partial charge in [-0.3, -0.25) is 15.0 Å². The summed E-state index contributed by atoms with van der Waals surface area (Å²) in [6.45, 7) is 6.31. The molecule has 30 heavy (non-hydrogen) atoms. The van der Waals surface area contributed by atoms with E-state index in [9.17, 15) is 9.59 Å². The van der Waals surface area contributed by atoms with Crippen LogP contribution in [-0.2, 0) is 4.79 Å². The van der Waals surface area contributed by atoms with E-state index in [4.69, 9.17) is 4.42 Å². The summed E-state index contributed by atoms with van der Waals surface area (Å²) in [5.74, 6) is 0.848. The van der Waals surface area contributed by atoms with Crippen LogP contribution in [0.5, 0.6) is 0 Å². The first kappa shape index (κ1) is 19.7. The van der Waals surface area contributed by atoms with Crippen molar-refractivity contribution in [2.75, 3.05) is 36.5 Å². The first-order chi connectivity index (χ1) is 14.5. The average molecular weight is 404 g/mol. The molecule has 1 aliphatic heterocycles. The molecule has 0 saturated carbocycles. The highest BCUT2D eigenvalue weighted by Crippen LogP contribution is 2.19. The third-order valence-electron chi connectivity index (χ3n) is 5.16. The fourth-order valence-corrected chi connectivity index (χ4v) is 3.65. The number of Topliss-reactive ketones (excluding diaryl/α,β-unsaturated/α-hetero) is 1. The lowest BCUT2D eigenvalue weighted by molar-refractivity contribution is -0.111. The van der Waals surface area contributed by atoms with Gasteiger partial charge in [-0.05, 0) is 31.2 Å². The standard InChI is InChI=1S/C23H24N4O3/c1-16-14-21(29)20-9-8-18(15-22(20)30-16)24-25-23(17(2)28)27-12-10-26(11-13-27)19-6-4-3-5-7-19/h3-9,14-15,24H,10-13H2,1-2H3/b25-23-. The lowest BCUT2D eigenvalue weighted by atomic mass is 10.2. The van der Waals surface area contributed by atoms with Gasteiger partial charge in [0.25, 0.3) is 0 Å². The zero-order chi connectivity index (χ0) is 21.1. The summed E-state index contributed by atoms with van der Waals surface area (Å²) in [4.78, 5) is 28.6. The molecular weight excluding hydrogens is 380 g/mol. The molecular formula is C23H24N4O3. The van der Waals surface area contributed by atoms with Gasteiger partial charge in [0.2, 0.25) is 0 Å². The Morgan fingerprint density at radius 2 is 1.77 bits per heavy atom. The number of nitrogens with zero attached hydrogens (tertiary/aromatic N) is 3. The second-order valence-electron chi connectivity index (χ2n) is 7.35. The third-order valence-corrected chi connectivity index (χ3v) is 5.16. The van der Waals surface area contributed by atoms with E-state index >= 15 is 0 Å². The lowest BCUT2D eigenvalue weighted by Gasteiger charge is -2.37. The molecule has 1 fully saturated rings. The van der Waals surface area contributed by atoms with Gasteiger partial charge < -0.3 is 14.2 Å². The summed E-state index contributed by atoms with van der Waals surface area (Å²) in [6, 6.07) is 16.9. The van der Waals surface area contributed by atoms with E-state index in [-0.39, 0.29) is 11.2 Å². The van der Waals surface area contributed by atoms with Crippen LogP contribution in [0.2, 0.25) is 0 Å². The number of para-hydroxylation sites is 1. The maximum Gasteiger partial charge on any atom is 0.196 e. The Balaban J connectivity index is 1.49. The van der Waals surface area contributed by atoms with Crippen LogP contribution in [0.3, 0.4) is 0 Å². The summed E-state index contributed by atoms with van der Waals surface area (Å²) in [7, 11) is 0. The van der Waals surface area contributed by atoms with E-state index in [1.807, 2.05) is 23.1 Å². The van der Waals surface area contributed by atoms with Crippen LogP contribution in [-0.4, -0.2) is 42.7 Å². The Morgan fingerprint density at radius 1 is 1.03 bits per heavy atom. The average Bonchev–Trinajstić information content (AvgIpc) is 2.74. The largest absolute Gasteiger partial charge is 0.461 e. The number of fused-ring (bicyclic) bond motifs is 1. The molecule has 1 aromatic heterocycles. The van der Waals surface area contributed by atoms with Crippen LogP contribution >= 0.6 is 0 Å². The van der Waals surface area contributed by atoms with Gasteiger partial charge in [0.15, 0.2) is 17.0 Å². The van der Waals surface area contributed by atoms with Crippen molar-refractivity contribution in [2.45, 2.75) is 13.8 Å². The topological polar surface area (TPSA) is 78.1 Å². The van der Waals surface area contributed by atoms with Crippen molar-refractivity contribution in [2.24, 2.45) is 5.10 Å². The molecule has 0 atom stereocenters. The number of amidine groups is 1. The maximum atomic E-state index is 12.2. The van der Waals surface area contributed by atoms with Crippen molar-refractivity contribution in [3.05, 3.63) is 70.6 Å². The number of hydrogen-bond donors (Lipinski definition) is 1. The normalized spacial score (nSPS) is 14.8. The molecule has 0 aliphatic carbocycles. The van der Waals surface area contributed by atoms with E-state index in [1.54, 1.807) is 25.1 Å². The minimum absolute atomic E-state index is 0.0792. The van der Waals surface area contributed by atoms with Crippen molar-refractivity contribution in [1.82, 2.24) is 4.90 Å². The molecule has 0 amide bonds. The van der Waals surface area contributed by atoms with Crippen LogP contribution in [0.25, 0.3) is 11.0 Å². The molecule has 0 unspecified atom stereocenters. The third kappa shape index (κ3) is 4.20. The van der Waals surface area contributed by atoms with E-state index in [0.717, 1.165) is 13.1 Å². The number of piperazine rings is 1. The molecule has 0 spiro atoms. The number of carbonyl (C=O) groups excluding carboxylic acids is 1. The predicted molar refractivity (Wildman–Crippen MR) is 119 cm³/mol. The number of nitrogens with one attached hydrogen (secondary N) is 1. The highest BCUT2D eigenvalue weighted by Gasteiger charge is 2.22. The Bertz CT molecular complexity index is 1150. The van der Waals surface area contributed by atoms with Crippen LogP contribution < -0.4 is 15.8 Å². The van der Waals surface area contributed by atoms with Gasteiger partial charge in [0, 0.05) is 50.9 Å². The van der Waals surface area contributed by atoms with Crippen molar-refractivity contribution < 1.29 is 9.21 Å². The van der Waals surface area contributed by atoms with Gasteiger partial charge >= 0.3 is 0 Å². The van der Waals surface area contributed by atoms with Gasteiger partial charge in [0.1, 0.15) is 11.3 Å². The quantitative estimate of drug-likeness (QED) is 0.409. The van der Waals surface area contributed by atoms with Gasteiger partial charge in [-0.1, -0.05) is 18.2 Å². The molecule has 0 bridgehead atoms. The monoisotopic (exact) mass is 404 g/mol. The highest BCUT2D eigenvalue weighted by molar-refractivity contribution is 6.38. The summed E-state index contributed by atoms with van der Waals surface area (Å²) < 4.78 is 5.64. The molecule has 2 aromatic carbocycles. The Labute approximate surface area is 174 Å². The molecule has 2 heterocycles. The number of rotatable bonds is 4. The highest BCUT2D eigenvalue weighted by atomic mass is 16.3. The number of ketones is 1. The van der Waals surface area contributed by atoms with Crippen LogP contribution in [0.4, 0.5) is 11.4 Å². The fourth-order valence-electron chi connectivity index (χ4n) is 3.65. The van der Waals surface area contributed by atoms with E-state index in [0.29, 0.717) is 41.3 Å². The molecule has 7 nitrogen and oxygen atoms in total. The molecule has 7 heteroatoms. The minimum Gasteiger partial charge on any atom is -0.461 e. The second-order valence-corrected chi connectivity index (χ2v) is 7.35. The van der Waals surface area contributed by atoms with Crippen LogP contribution in [0, 0.1) is 6.92 Å². The molecule has 0 radical (unpaired) electrons. The summed E-state index contributed by atoms with van der Waals surface area (Å²) in [6.07, 6.45) is 0. The lowest BCUT2D eigenvalue weighted by Crippen LogP contribution is -2.50. The first-order valence-electron chi connectivity index (χ1n) is 9.95. The number of hydrogen-bond acceptors (Lipinski definition) is 6. The van der Waals surface area contributed by atoms with Crippen molar-refractivity contribution in [3.8, 4) is 0 Å².